The van der Waals surface area contributed by atoms with E-state index in [1.54, 1.807) is 0 Å². The highest BCUT2D eigenvalue weighted by Gasteiger charge is 2.27. The molecule has 0 spiro atoms. The van der Waals surface area contributed by atoms with Gasteiger partial charge in [0.25, 0.3) is 0 Å². The van der Waals surface area contributed by atoms with Crippen LogP contribution in [0.4, 0.5) is 4.39 Å². The van der Waals surface area contributed by atoms with Crippen molar-refractivity contribution < 1.29 is 9.13 Å². The second-order valence-electron chi connectivity index (χ2n) is 9.50. The summed E-state index contributed by atoms with van der Waals surface area (Å²) in [5, 5.41) is 0. The highest BCUT2D eigenvalue weighted by atomic mass is 19.1. The van der Waals surface area contributed by atoms with Gasteiger partial charge in [0.2, 0.25) is 0 Å². The summed E-state index contributed by atoms with van der Waals surface area (Å²) < 4.78 is 21.0. The predicted octanol–water partition coefficient (Wildman–Crippen LogP) is 6.62. The topological polar surface area (TPSA) is 28.1 Å². The van der Waals surface area contributed by atoms with Gasteiger partial charge in [-0.1, -0.05) is 55.9 Å². The number of unbranched alkanes of at least 4 members (excludes halogenated alkanes) is 1. The smallest absolute Gasteiger partial charge is 0.139 e. The number of nitrogens with zero attached hydrogens (tertiary/aromatic N) is 3. The monoisotopic (exact) mass is 475 g/mol. The zero-order valence-electron chi connectivity index (χ0n) is 21.3. The molecule has 1 fully saturated rings. The van der Waals surface area contributed by atoms with E-state index in [-0.39, 0.29) is 0 Å². The lowest BCUT2D eigenvalue weighted by molar-refractivity contribution is 0.0962. The lowest BCUT2D eigenvalue weighted by Gasteiger charge is -2.25. The van der Waals surface area contributed by atoms with Crippen molar-refractivity contribution in [1.29, 1.82) is 0 Å². The molecule has 4 nitrogen and oxygen atoms in total. The van der Waals surface area contributed by atoms with Crippen LogP contribution in [0, 0.1) is 6.92 Å². The molecule has 186 valence electrons. The number of likely N-dealkylation sites (tertiary alicyclic amines) is 1. The molecule has 0 radical (unpaired) electrons. The second kappa shape index (κ2) is 12.2. The largest absolute Gasteiger partial charge is 0.487 e. The number of allylic oxidation sites excluding steroid dienone is 4. The van der Waals surface area contributed by atoms with E-state index in [4.69, 9.17) is 9.73 Å². The summed E-state index contributed by atoms with van der Waals surface area (Å²) in [6, 6.07) is 6.04. The predicted molar refractivity (Wildman–Crippen MR) is 144 cm³/mol. The number of hydrogen-bond donors (Lipinski definition) is 0. The molecule has 0 bridgehead atoms. The third-order valence-corrected chi connectivity index (χ3v) is 6.81. The van der Waals surface area contributed by atoms with E-state index in [0.29, 0.717) is 12.8 Å². The van der Waals surface area contributed by atoms with E-state index < -0.39 is 12.3 Å². The average molecular weight is 476 g/mol. The fourth-order valence-electron chi connectivity index (χ4n) is 4.62. The van der Waals surface area contributed by atoms with Crippen LogP contribution in [0.15, 0.2) is 77.1 Å². The Morgan fingerprint density at radius 3 is 2.94 bits per heavy atom. The molecule has 3 aliphatic rings. The van der Waals surface area contributed by atoms with Gasteiger partial charge in [-0.2, -0.15) is 0 Å². The third-order valence-electron chi connectivity index (χ3n) is 6.81. The van der Waals surface area contributed by atoms with Crippen molar-refractivity contribution in [1.82, 2.24) is 9.80 Å². The number of aliphatic imine (C=N–C) groups is 1. The van der Waals surface area contributed by atoms with Crippen LogP contribution < -0.4 is 4.74 Å². The molecule has 1 aromatic carbocycles. The molecule has 0 N–H and O–H groups in total. The van der Waals surface area contributed by atoms with Crippen LogP contribution in [0.2, 0.25) is 0 Å². The standard InChI is InChI=1S/C30H38FN3O/c1-4-5-10-25(30-32-19-9-13-26-12-6-7-20-34(26)30)16-15-24-11-8-14-28(23(24)2)35-29-18-22-33(3)21-17-27(29)31/h6-8,10-16,20,27,29H,4-5,9,17-19,21-22H2,1-3H3. The minimum Gasteiger partial charge on any atom is -0.487 e. The van der Waals surface area contributed by atoms with E-state index in [9.17, 15) is 4.39 Å². The van der Waals surface area contributed by atoms with Crippen molar-refractivity contribution in [3.63, 3.8) is 0 Å². The molecule has 35 heavy (non-hydrogen) atoms. The lowest BCUT2D eigenvalue weighted by Crippen LogP contribution is -2.28. The zero-order valence-corrected chi connectivity index (χ0v) is 21.3. The Hall–Kier alpha value is -2.92. The number of amidine groups is 1. The van der Waals surface area contributed by atoms with Crippen LogP contribution in [0.1, 0.15) is 50.2 Å². The quantitative estimate of drug-likeness (QED) is 0.415. The number of ether oxygens (including phenoxy) is 1. The highest BCUT2D eigenvalue weighted by molar-refractivity contribution is 6.03. The molecule has 1 saturated heterocycles. The van der Waals surface area contributed by atoms with Crippen molar-refractivity contribution in [3.8, 4) is 5.75 Å². The van der Waals surface area contributed by atoms with E-state index in [0.717, 1.165) is 67.2 Å². The van der Waals surface area contributed by atoms with Crippen LogP contribution in [-0.4, -0.2) is 54.6 Å². The SMILES string of the molecule is CCCC=C(C=Cc1cccc(OC2CCN(C)CCC2F)c1C)C1=NCCC=C2C=CC=CN21. The van der Waals surface area contributed by atoms with Crippen LogP contribution in [0.5, 0.6) is 5.75 Å². The van der Waals surface area contributed by atoms with Crippen molar-refractivity contribution in [2.75, 3.05) is 26.7 Å². The normalized spacial score (nSPS) is 23.5. The summed E-state index contributed by atoms with van der Waals surface area (Å²) in [5.74, 6) is 1.75. The first-order valence-electron chi connectivity index (χ1n) is 12.9. The van der Waals surface area contributed by atoms with Gasteiger partial charge >= 0.3 is 0 Å². The van der Waals surface area contributed by atoms with Crippen LogP contribution in [-0.2, 0) is 0 Å². The summed E-state index contributed by atoms with van der Waals surface area (Å²) >= 11 is 0. The van der Waals surface area contributed by atoms with Gasteiger partial charge in [-0.05, 0) is 69.0 Å². The summed E-state index contributed by atoms with van der Waals surface area (Å²) in [4.78, 5) is 9.28. The van der Waals surface area contributed by atoms with E-state index in [2.05, 4.69) is 72.4 Å². The van der Waals surface area contributed by atoms with Crippen LogP contribution in [0.3, 0.4) is 0 Å². The van der Waals surface area contributed by atoms with Gasteiger partial charge in [-0.25, -0.2) is 4.39 Å². The summed E-state index contributed by atoms with van der Waals surface area (Å²) in [6.45, 7) is 6.66. The minimum atomic E-state index is -0.940. The maximum absolute atomic E-state index is 14.7. The first-order chi connectivity index (χ1) is 17.1. The van der Waals surface area contributed by atoms with Crippen LogP contribution in [0.25, 0.3) is 6.08 Å². The molecule has 1 aromatic rings. The van der Waals surface area contributed by atoms with Gasteiger partial charge in [0.15, 0.2) is 0 Å². The fraction of sp³-hybridized carbons (Fsp3) is 0.433. The van der Waals surface area contributed by atoms with E-state index in [1.165, 1.54) is 5.70 Å². The average Bonchev–Trinajstić information content (AvgIpc) is 3.18. The summed E-state index contributed by atoms with van der Waals surface area (Å²) in [6.07, 6.45) is 20.0. The number of hydrogen-bond acceptors (Lipinski definition) is 4. The van der Waals surface area contributed by atoms with Crippen molar-refractivity contribution >= 4 is 11.9 Å². The maximum Gasteiger partial charge on any atom is 0.139 e. The molecule has 0 saturated carbocycles. The molecule has 0 amide bonds. The Morgan fingerprint density at radius 1 is 1.23 bits per heavy atom. The Morgan fingerprint density at radius 2 is 2.09 bits per heavy atom. The Kier molecular flexibility index (Phi) is 8.75. The Balaban J connectivity index is 1.57. The number of fused-ring (bicyclic) bond motifs is 1. The van der Waals surface area contributed by atoms with Crippen molar-refractivity contribution in [3.05, 3.63) is 83.3 Å². The first kappa shape index (κ1) is 25.2. The van der Waals surface area contributed by atoms with Gasteiger partial charge in [0.1, 0.15) is 23.9 Å². The molecule has 2 atom stereocenters. The zero-order chi connectivity index (χ0) is 24.6. The van der Waals surface area contributed by atoms with Crippen LogP contribution >= 0.6 is 0 Å². The second-order valence-corrected chi connectivity index (χ2v) is 9.50. The van der Waals surface area contributed by atoms with Gasteiger partial charge < -0.3 is 14.5 Å². The fourth-order valence-corrected chi connectivity index (χ4v) is 4.62. The number of rotatable bonds is 7. The van der Waals surface area contributed by atoms with Gasteiger partial charge in [0.05, 0.1) is 0 Å². The number of alkyl halides is 1. The molecular formula is C30H38FN3O. The molecule has 4 rings (SSSR count). The maximum atomic E-state index is 14.7. The van der Waals surface area contributed by atoms with E-state index >= 15 is 0 Å². The van der Waals surface area contributed by atoms with Crippen molar-refractivity contribution in [2.45, 2.75) is 58.2 Å². The highest BCUT2D eigenvalue weighted by Crippen LogP contribution is 2.28. The van der Waals surface area contributed by atoms with Gasteiger partial charge in [0, 0.05) is 37.1 Å². The molecule has 2 unspecified atom stereocenters. The molecule has 0 aliphatic carbocycles. The number of halogens is 1. The molecule has 5 heteroatoms. The van der Waals surface area contributed by atoms with E-state index in [1.807, 2.05) is 25.3 Å². The van der Waals surface area contributed by atoms with Crippen molar-refractivity contribution in [2.24, 2.45) is 4.99 Å². The third kappa shape index (κ3) is 6.40. The first-order valence-corrected chi connectivity index (χ1v) is 12.9. The molecule has 3 heterocycles. The molecular weight excluding hydrogens is 437 g/mol. The van der Waals surface area contributed by atoms with Gasteiger partial charge in [-0.3, -0.25) is 4.99 Å². The lowest BCUT2D eigenvalue weighted by atomic mass is 10.0. The van der Waals surface area contributed by atoms with Gasteiger partial charge in [-0.15, -0.1) is 0 Å². The minimum absolute atomic E-state index is 0.401. The Bertz CT molecular complexity index is 1070. The molecule has 0 aromatic heterocycles. The molecule has 3 aliphatic heterocycles. The Labute approximate surface area is 209 Å². The summed E-state index contributed by atoms with van der Waals surface area (Å²) in [7, 11) is 2.04. The summed E-state index contributed by atoms with van der Waals surface area (Å²) in [5.41, 5.74) is 4.39. The number of benzene rings is 1.